The van der Waals surface area contributed by atoms with Gasteiger partial charge in [-0.1, -0.05) is 60.7 Å². The molecule has 0 bridgehead atoms. The lowest BCUT2D eigenvalue weighted by atomic mass is 9.96. The van der Waals surface area contributed by atoms with Crippen molar-refractivity contribution in [3.8, 4) is 0 Å². The largest absolute Gasteiger partial charge is 0.430 e. The highest BCUT2D eigenvalue weighted by Gasteiger charge is 2.28. The molecule has 1 aromatic heterocycles. The summed E-state index contributed by atoms with van der Waals surface area (Å²) < 4.78 is 5.18. The third kappa shape index (κ3) is 4.33. The second kappa shape index (κ2) is 8.76. The first-order chi connectivity index (χ1) is 14.1. The molecule has 0 N–H and O–H groups in total. The number of amides is 1. The van der Waals surface area contributed by atoms with Gasteiger partial charge >= 0.3 is 5.63 Å². The maximum absolute atomic E-state index is 12.8. The van der Waals surface area contributed by atoms with Crippen molar-refractivity contribution in [3.63, 3.8) is 0 Å². The van der Waals surface area contributed by atoms with Crippen molar-refractivity contribution in [2.24, 2.45) is 0 Å². The van der Waals surface area contributed by atoms with E-state index in [-0.39, 0.29) is 16.4 Å². The molecule has 0 spiro atoms. The molecule has 4 rings (SSSR count). The summed E-state index contributed by atoms with van der Waals surface area (Å²) in [4.78, 5) is 28.4. The van der Waals surface area contributed by atoms with Gasteiger partial charge in [0.15, 0.2) is 0 Å². The van der Waals surface area contributed by atoms with Crippen molar-refractivity contribution in [2.75, 3.05) is 26.2 Å². The first kappa shape index (κ1) is 19.6. The van der Waals surface area contributed by atoms with Gasteiger partial charge in [0.2, 0.25) is 0 Å². The molecule has 5 nitrogen and oxygen atoms in total. The molecule has 0 radical (unpaired) electrons. The number of rotatable bonds is 4. The Morgan fingerprint density at radius 1 is 0.897 bits per heavy atom. The molecule has 1 aliphatic heterocycles. The summed E-state index contributed by atoms with van der Waals surface area (Å²) >= 11 is 3.13. The highest BCUT2D eigenvalue weighted by atomic mass is 79.9. The zero-order valence-corrected chi connectivity index (χ0v) is 17.4. The predicted molar refractivity (Wildman–Crippen MR) is 115 cm³/mol. The summed E-state index contributed by atoms with van der Waals surface area (Å²) in [7, 11) is 0. The van der Waals surface area contributed by atoms with E-state index in [9.17, 15) is 9.59 Å². The minimum Gasteiger partial charge on any atom is -0.430 e. The van der Waals surface area contributed by atoms with Crippen LogP contribution in [-0.2, 0) is 0 Å². The lowest BCUT2D eigenvalue weighted by Crippen LogP contribution is -2.49. The first-order valence-electron chi connectivity index (χ1n) is 9.55. The number of carbonyl (C=O) groups is 1. The number of piperazine rings is 1. The van der Waals surface area contributed by atoms with Crippen LogP contribution in [0.15, 0.2) is 86.7 Å². The fourth-order valence-corrected chi connectivity index (χ4v) is 4.11. The van der Waals surface area contributed by atoms with Crippen molar-refractivity contribution < 1.29 is 9.21 Å². The zero-order valence-electron chi connectivity index (χ0n) is 15.8. The summed E-state index contributed by atoms with van der Waals surface area (Å²) in [5, 5.41) is 0. The molecule has 0 saturated carbocycles. The van der Waals surface area contributed by atoms with E-state index in [1.165, 1.54) is 23.5 Å². The van der Waals surface area contributed by atoms with Gasteiger partial charge in [-0.05, 0) is 33.1 Å². The van der Waals surface area contributed by atoms with Gasteiger partial charge < -0.3 is 9.32 Å². The Balaban J connectivity index is 1.51. The van der Waals surface area contributed by atoms with Gasteiger partial charge in [-0.3, -0.25) is 9.69 Å². The predicted octanol–water partition coefficient (Wildman–Crippen LogP) is 3.95. The van der Waals surface area contributed by atoms with E-state index < -0.39 is 5.63 Å². The Morgan fingerprint density at radius 2 is 1.45 bits per heavy atom. The molecule has 1 amide bonds. The highest BCUT2D eigenvalue weighted by Crippen LogP contribution is 2.29. The van der Waals surface area contributed by atoms with Crippen LogP contribution >= 0.6 is 15.9 Å². The van der Waals surface area contributed by atoms with Crippen LogP contribution in [0.1, 0.15) is 27.5 Å². The number of halogens is 1. The molecular weight excluding hydrogens is 432 g/mol. The summed E-state index contributed by atoms with van der Waals surface area (Å²) in [5.41, 5.74) is 2.38. The number of benzene rings is 2. The minimum atomic E-state index is -0.486. The van der Waals surface area contributed by atoms with Gasteiger partial charge in [0.25, 0.3) is 5.91 Å². The van der Waals surface area contributed by atoms with E-state index in [2.05, 4.69) is 69.4 Å². The summed E-state index contributed by atoms with van der Waals surface area (Å²) in [6, 6.07) is 22.6. The Bertz CT molecular complexity index is 989. The smallest absolute Gasteiger partial charge is 0.350 e. The number of carbonyl (C=O) groups excluding carboxylic acids is 1. The molecule has 3 aromatic rings. The average Bonchev–Trinajstić information content (AvgIpc) is 2.77. The molecule has 0 aliphatic carbocycles. The molecule has 6 heteroatoms. The summed E-state index contributed by atoms with van der Waals surface area (Å²) in [5.74, 6) is -0.120. The Kier molecular flexibility index (Phi) is 5.92. The maximum Gasteiger partial charge on any atom is 0.350 e. The van der Waals surface area contributed by atoms with Crippen LogP contribution in [0, 0.1) is 0 Å². The number of nitrogens with zero attached hydrogens (tertiary/aromatic N) is 2. The van der Waals surface area contributed by atoms with Crippen LogP contribution in [0.2, 0.25) is 0 Å². The topological polar surface area (TPSA) is 53.8 Å². The summed E-state index contributed by atoms with van der Waals surface area (Å²) in [6.07, 6.45) is 1.23. The SMILES string of the molecule is O=C(c1coc(=O)c(Br)c1)N1CCN(C(c2ccccc2)c2ccccc2)CC1. The second-order valence-corrected chi connectivity index (χ2v) is 7.88. The standard InChI is InChI=1S/C23H21BrN2O3/c24-20-15-19(16-29-23(20)28)22(27)26-13-11-25(12-14-26)21(17-7-3-1-4-8-17)18-9-5-2-6-10-18/h1-10,15-16,21H,11-14H2. The monoisotopic (exact) mass is 452 g/mol. The molecule has 148 valence electrons. The Morgan fingerprint density at radius 3 is 1.97 bits per heavy atom. The first-order valence-corrected chi connectivity index (χ1v) is 10.3. The van der Waals surface area contributed by atoms with Crippen LogP contribution in [0.4, 0.5) is 0 Å². The van der Waals surface area contributed by atoms with Gasteiger partial charge in [0.1, 0.15) is 10.7 Å². The maximum atomic E-state index is 12.8. The van der Waals surface area contributed by atoms with Gasteiger partial charge in [0, 0.05) is 26.2 Å². The fourth-order valence-electron chi connectivity index (χ4n) is 3.77. The van der Waals surface area contributed by atoms with Gasteiger partial charge in [-0.15, -0.1) is 0 Å². The van der Waals surface area contributed by atoms with Crippen molar-refractivity contribution in [1.29, 1.82) is 0 Å². The number of hydrogen-bond acceptors (Lipinski definition) is 4. The third-order valence-corrected chi connectivity index (χ3v) is 5.77. The second-order valence-electron chi connectivity index (χ2n) is 7.02. The highest BCUT2D eigenvalue weighted by molar-refractivity contribution is 9.10. The van der Waals surface area contributed by atoms with Gasteiger partial charge in [0.05, 0.1) is 11.6 Å². The van der Waals surface area contributed by atoms with Crippen molar-refractivity contribution >= 4 is 21.8 Å². The zero-order chi connectivity index (χ0) is 20.2. The molecule has 0 unspecified atom stereocenters. The van der Waals surface area contributed by atoms with E-state index >= 15 is 0 Å². The lowest BCUT2D eigenvalue weighted by molar-refractivity contribution is 0.0594. The van der Waals surface area contributed by atoms with Gasteiger partial charge in [-0.25, -0.2) is 4.79 Å². The Hall–Kier alpha value is -2.70. The molecule has 1 aliphatic rings. The van der Waals surface area contributed by atoms with E-state index in [1.54, 1.807) is 0 Å². The van der Waals surface area contributed by atoms with Crippen LogP contribution in [0.3, 0.4) is 0 Å². The van der Waals surface area contributed by atoms with Crippen molar-refractivity contribution in [2.45, 2.75) is 6.04 Å². The van der Waals surface area contributed by atoms with Crippen molar-refractivity contribution in [3.05, 3.63) is 105 Å². The van der Waals surface area contributed by atoms with Gasteiger partial charge in [-0.2, -0.15) is 0 Å². The third-order valence-electron chi connectivity index (χ3n) is 5.21. The molecule has 0 atom stereocenters. The van der Waals surface area contributed by atoms with Crippen molar-refractivity contribution in [1.82, 2.24) is 9.80 Å². The number of hydrogen-bond donors (Lipinski definition) is 0. The molecule has 1 fully saturated rings. The molecule has 2 heterocycles. The van der Waals surface area contributed by atoms with E-state index in [1.807, 2.05) is 17.0 Å². The molecular formula is C23H21BrN2O3. The normalized spacial score (nSPS) is 14.9. The van der Waals surface area contributed by atoms with E-state index in [4.69, 9.17) is 4.42 Å². The fraction of sp³-hybridized carbons (Fsp3) is 0.217. The minimum absolute atomic E-state index is 0.120. The molecule has 2 aromatic carbocycles. The van der Waals surface area contributed by atoms with Crippen LogP contribution < -0.4 is 5.63 Å². The van der Waals surface area contributed by atoms with E-state index in [0.717, 1.165) is 13.1 Å². The van der Waals surface area contributed by atoms with Crippen LogP contribution in [-0.4, -0.2) is 41.9 Å². The Labute approximate surface area is 177 Å². The quantitative estimate of drug-likeness (QED) is 0.601. The summed E-state index contributed by atoms with van der Waals surface area (Å²) in [6.45, 7) is 2.76. The van der Waals surface area contributed by atoms with Crippen LogP contribution in [0.25, 0.3) is 0 Å². The molecule has 29 heavy (non-hydrogen) atoms. The lowest BCUT2D eigenvalue weighted by Gasteiger charge is -2.39. The molecule has 1 saturated heterocycles. The average molecular weight is 453 g/mol. The van der Waals surface area contributed by atoms with Crippen LogP contribution in [0.5, 0.6) is 0 Å². The van der Waals surface area contributed by atoms with E-state index in [0.29, 0.717) is 18.7 Å².